The average Bonchev–Trinajstić information content (AvgIpc) is 3.11. The Morgan fingerprint density at radius 1 is 1.35 bits per heavy atom. The van der Waals surface area contributed by atoms with Gasteiger partial charge in [-0.3, -0.25) is 9.48 Å². The van der Waals surface area contributed by atoms with Gasteiger partial charge in [0, 0.05) is 39.2 Å². The number of halogens is 1. The van der Waals surface area contributed by atoms with Crippen LogP contribution in [0.5, 0.6) is 0 Å². The number of rotatable bonds is 4. The SMILES string of the molecule is COCC1CCN(C(=O)C2(n3cccn3)CCNCC2)CC1.Cl. The lowest BCUT2D eigenvalue weighted by Gasteiger charge is -2.42. The number of nitrogens with one attached hydrogen (secondary N) is 1. The second-order valence-corrected chi connectivity index (χ2v) is 6.42. The molecule has 7 heteroatoms. The van der Waals surface area contributed by atoms with Gasteiger partial charge >= 0.3 is 0 Å². The number of likely N-dealkylation sites (tertiary alicyclic amines) is 1. The largest absolute Gasteiger partial charge is 0.384 e. The van der Waals surface area contributed by atoms with Crippen LogP contribution in [0.15, 0.2) is 18.5 Å². The number of hydrogen-bond donors (Lipinski definition) is 1. The standard InChI is InChI=1S/C16H26N4O2.ClH/c1-22-13-14-3-11-19(12-4-14)15(21)16(5-8-17-9-6-16)20-10-2-7-18-20;/h2,7,10,14,17H,3-6,8-9,11-13H2,1H3;1H. The van der Waals surface area contributed by atoms with Crippen LogP contribution in [0.3, 0.4) is 0 Å². The van der Waals surface area contributed by atoms with Crippen LogP contribution in [0.2, 0.25) is 0 Å². The highest BCUT2D eigenvalue weighted by Gasteiger charge is 2.44. The zero-order chi connectivity index (χ0) is 15.4. The van der Waals surface area contributed by atoms with Gasteiger partial charge in [-0.25, -0.2) is 0 Å². The van der Waals surface area contributed by atoms with E-state index in [2.05, 4.69) is 10.4 Å². The third-order valence-corrected chi connectivity index (χ3v) is 5.08. The first-order valence-corrected chi connectivity index (χ1v) is 8.25. The fraction of sp³-hybridized carbons (Fsp3) is 0.750. The number of hydrogen-bond acceptors (Lipinski definition) is 4. The van der Waals surface area contributed by atoms with Gasteiger partial charge in [-0.2, -0.15) is 5.10 Å². The first-order chi connectivity index (χ1) is 10.8. The fourth-order valence-electron chi connectivity index (χ4n) is 3.74. The van der Waals surface area contributed by atoms with Crippen molar-refractivity contribution in [2.75, 3.05) is 39.9 Å². The molecule has 130 valence electrons. The third-order valence-electron chi connectivity index (χ3n) is 5.08. The van der Waals surface area contributed by atoms with Crippen LogP contribution in [-0.4, -0.2) is 60.5 Å². The summed E-state index contributed by atoms with van der Waals surface area (Å²) in [4.78, 5) is 15.3. The second kappa shape index (κ2) is 8.13. The van der Waals surface area contributed by atoms with E-state index in [0.29, 0.717) is 5.92 Å². The van der Waals surface area contributed by atoms with Crippen LogP contribution >= 0.6 is 12.4 Å². The highest BCUT2D eigenvalue weighted by Crippen LogP contribution is 2.31. The van der Waals surface area contributed by atoms with Gasteiger partial charge in [0.25, 0.3) is 5.91 Å². The number of carbonyl (C=O) groups is 1. The number of piperidine rings is 2. The molecule has 0 spiro atoms. The molecule has 6 nitrogen and oxygen atoms in total. The highest BCUT2D eigenvalue weighted by molar-refractivity contribution is 5.85. The summed E-state index contributed by atoms with van der Waals surface area (Å²) in [6, 6.07) is 1.90. The molecule has 3 rings (SSSR count). The lowest BCUT2D eigenvalue weighted by Crippen LogP contribution is -2.57. The molecule has 0 aromatic carbocycles. The van der Waals surface area contributed by atoms with Crippen molar-refractivity contribution in [1.82, 2.24) is 20.0 Å². The van der Waals surface area contributed by atoms with Gasteiger partial charge < -0.3 is 15.0 Å². The van der Waals surface area contributed by atoms with Gasteiger partial charge in [-0.1, -0.05) is 0 Å². The van der Waals surface area contributed by atoms with Crippen LogP contribution in [0, 0.1) is 5.92 Å². The van der Waals surface area contributed by atoms with Gasteiger partial charge in [0.15, 0.2) is 0 Å². The maximum Gasteiger partial charge on any atom is 0.250 e. The fourth-order valence-corrected chi connectivity index (χ4v) is 3.74. The molecule has 0 bridgehead atoms. The molecule has 2 saturated heterocycles. The molecule has 0 radical (unpaired) electrons. The molecule has 2 fully saturated rings. The Labute approximate surface area is 144 Å². The first kappa shape index (κ1) is 18.2. The second-order valence-electron chi connectivity index (χ2n) is 6.42. The summed E-state index contributed by atoms with van der Waals surface area (Å²) in [5.74, 6) is 0.830. The van der Waals surface area contributed by atoms with Crippen molar-refractivity contribution in [1.29, 1.82) is 0 Å². The van der Waals surface area contributed by atoms with E-state index in [1.165, 1.54) is 0 Å². The Kier molecular flexibility index (Phi) is 6.44. The Hall–Kier alpha value is -1.11. The molecule has 0 aliphatic carbocycles. The summed E-state index contributed by atoms with van der Waals surface area (Å²) in [6.45, 7) is 4.21. The maximum absolute atomic E-state index is 13.2. The van der Waals surface area contributed by atoms with Gasteiger partial charge in [-0.15, -0.1) is 12.4 Å². The molecular formula is C16H27ClN4O2. The Bertz CT molecular complexity index is 480. The first-order valence-electron chi connectivity index (χ1n) is 8.25. The number of aromatic nitrogens is 2. The minimum absolute atomic E-state index is 0. The Morgan fingerprint density at radius 2 is 2.04 bits per heavy atom. The summed E-state index contributed by atoms with van der Waals surface area (Å²) >= 11 is 0. The van der Waals surface area contributed by atoms with E-state index >= 15 is 0 Å². The lowest BCUT2D eigenvalue weighted by atomic mass is 9.85. The summed E-state index contributed by atoms with van der Waals surface area (Å²) in [5, 5.41) is 7.75. The quantitative estimate of drug-likeness (QED) is 0.895. The molecule has 0 saturated carbocycles. The average molecular weight is 343 g/mol. The van der Waals surface area contributed by atoms with E-state index < -0.39 is 5.54 Å². The van der Waals surface area contributed by atoms with Gasteiger partial charge in [0.2, 0.25) is 0 Å². The van der Waals surface area contributed by atoms with E-state index in [4.69, 9.17) is 4.74 Å². The van der Waals surface area contributed by atoms with Crippen LogP contribution in [-0.2, 0) is 15.1 Å². The summed E-state index contributed by atoms with van der Waals surface area (Å²) in [6.07, 6.45) is 7.39. The summed E-state index contributed by atoms with van der Waals surface area (Å²) in [7, 11) is 1.75. The minimum Gasteiger partial charge on any atom is -0.384 e. The molecule has 2 aliphatic rings. The lowest BCUT2D eigenvalue weighted by molar-refractivity contribution is -0.144. The monoisotopic (exact) mass is 342 g/mol. The summed E-state index contributed by atoms with van der Waals surface area (Å²) < 4.78 is 7.13. The number of nitrogens with zero attached hydrogens (tertiary/aromatic N) is 3. The van der Waals surface area contributed by atoms with E-state index in [0.717, 1.165) is 58.5 Å². The zero-order valence-corrected chi connectivity index (χ0v) is 14.6. The minimum atomic E-state index is -0.497. The molecule has 1 aromatic heterocycles. The topological polar surface area (TPSA) is 59.4 Å². The van der Waals surface area contributed by atoms with E-state index in [1.807, 2.05) is 21.8 Å². The maximum atomic E-state index is 13.2. The van der Waals surface area contributed by atoms with Crippen molar-refractivity contribution < 1.29 is 9.53 Å². The number of methoxy groups -OCH3 is 1. The zero-order valence-electron chi connectivity index (χ0n) is 13.7. The molecule has 1 amide bonds. The van der Waals surface area contributed by atoms with Crippen molar-refractivity contribution in [3.63, 3.8) is 0 Å². The van der Waals surface area contributed by atoms with Crippen molar-refractivity contribution in [3.8, 4) is 0 Å². The number of amides is 1. The van der Waals surface area contributed by atoms with E-state index in [9.17, 15) is 4.79 Å². The van der Waals surface area contributed by atoms with Crippen molar-refractivity contribution in [2.45, 2.75) is 31.2 Å². The van der Waals surface area contributed by atoms with Crippen LogP contribution in [0.25, 0.3) is 0 Å². The summed E-state index contributed by atoms with van der Waals surface area (Å²) in [5.41, 5.74) is -0.497. The highest BCUT2D eigenvalue weighted by atomic mass is 35.5. The van der Waals surface area contributed by atoms with Gasteiger partial charge in [-0.05, 0) is 50.8 Å². The van der Waals surface area contributed by atoms with Crippen molar-refractivity contribution in [2.24, 2.45) is 5.92 Å². The van der Waals surface area contributed by atoms with Crippen LogP contribution < -0.4 is 5.32 Å². The van der Waals surface area contributed by atoms with Crippen molar-refractivity contribution >= 4 is 18.3 Å². The Balaban J connectivity index is 0.00000192. The molecule has 0 atom stereocenters. The predicted molar refractivity (Wildman–Crippen MR) is 90.7 cm³/mol. The van der Waals surface area contributed by atoms with E-state index in [-0.39, 0.29) is 18.3 Å². The van der Waals surface area contributed by atoms with Crippen LogP contribution in [0.4, 0.5) is 0 Å². The van der Waals surface area contributed by atoms with Gasteiger partial charge in [0.1, 0.15) is 5.54 Å². The molecule has 23 heavy (non-hydrogen) atoms. The molecular weight excluding hydrogens is 316 g/mol. The van der Waals surface area contributed by atoms with Gasteiger partial charge in [0.05, 0.1) is 0 Å². The molecule has 3 heterocycles. The molecule has 2 aliphatic heterocycles. The van der Waals surface area contributed by atoms with Crippen molar-refractivity contribution in [3.05, 3.63) is 18.5 Å². The number of carbonyl (C=O) groups excluding carboxylic acids is 1. The molecule has 0 unspecified atom stereocenters. The third kappa shape index (κ3) is 3.70. The Morgan fingerprint density at radius 3 is 2.61 bits per heavy atom. The smallest absolute Gasteiger partial charge is 0.250 e. The van der Waals surface area contributed by atoms with Crippen LogP contribution in [0.1, 0.15) is 25.7 Å². The molecule has 1 N–H and O–H groups in total. The van der Waals surface area contributed by atoms with E-state index in [1.54, 1.807) is 13.3 Å². The number of ether oxygens (including phenoxy) is 1. The normalized spacial score (nSPS) is 21.7. The molecule has 1 aromatic rings. The predicted octanol–water partition coefficient (Wildman–Crippen LogP) is 1.27.